The number of unbranched alkanes of at least 4 members (excludes halogenated alkanes) is 1. The molecule has 0 radical (unpaired) electrons. The smallest absolute Gasteiger partial charge is 0.243 e. The average molecular weight is 482 g/mol. The van der Waals surface area contributed by atoms with Crippen LogP contribution >= 0.6 is 0 Å². The summed E-state index contributed by atoms with van der Waals surface area (Å²) in [7, 11) is 0. The van der Waals surface area contributed by atoms with Crippen molar-refractivity contribution >= 4 is 17.9 Å². The molecular formula is C31H35N3O2. The molecule has 1 N–H and O–H groups in total. The molecular weight excluding hydrogens is 446 g/mol. The highest BCUT2D eigenvalue weighted by Crippen LogP contribution is 2.30. The van der Waals surface area contributed by atoms with Crippen molar-refractivity contribution in [3.63, 3.8) is 0 Å². The molecule has 0 atom stereocenters. The van der Waals surface area contributed by atoms with Gasteiger partial charge in [0.05, 0.1) is 5.92 Å². The van der Waals surface area contributed by atoms with Crippen molar-refractivity contribution in [2.75, 3.05) is 19.6 Å². The zero-order chi connectivity index (χ0) is 25.0. The van der Waals surface area contributed by atoms with Gasteiger partial charge in [-0.15, -0.1) is 0 Å². The van der Waals surface area contributed by atoms with Crippen molar-refractivity contribution in [3.8, 4) is 0 Å². The van der Waals surface area contributed by atoms with Gasteiger partial charge in [-0.05, 0) is 54.0 Å². The molecule has 36 heavy (non-hydrogen) atoms. The Kier molecular flexibility index (Phi) is 9.43. The second kappa shape index (κ2) is 13.4. The Bertz CT molecular complexity index is 1070. The summed E-state index contributed by atoms with van der Waals surface area (Å²) in [6.45, 7) is 2.31. The first-order valence-electron chi connectivity index (χ1n) is 13.0. The Balaban J connectivity index is 1.19. The van der Waals surface area contributed by atoms with E-state index in [-0.39, 0.29) is 17.7 Å². The minimum absolute atomic E-state index is 0.0722. The Hall–Kier alpha value is -3.73. The largest absolute Gasteiger partial charge is 0.353 e. The van der Waals surface area contributed by atoms with Crippen molar-refractivity contribution in [3.05, 3.63) is 108 Å². The first kappa shape index (κ1) is 25.4. The normalized spacial score (nSPS) is 14.3. The minimum Gasteiger partial charge on any atom is -0.353 e. The topological polar surface area (TPSA) is 62.3 Å². The van der Waals surface area contributed by atoms with E-state index in [9.17, 15) is 9.59 Å². The first-order valence-corrected chi connectivity index (χ1v) is 13.0. The van der Waals surface area contributed by atoms with E-state index < -0.39 is 0 Å². The van der Waals surface area contributed by atoms with E-state index in [2.05, 4.69) is 39.5 Å². The van der Waals surface area contributed by atoms with Gasteiger partial charge in [0.15, 0.2) is 0 Å². The predicted molar refractivity (Wildman–Crippen MR) is 144 cm³/mol. The third-order valence-electron chi connectivity index (χ3n) is 6.89. The number of pyridine rings is 1. The molecule has 1 aliphatic heterocycles. The second-order valence-electron chi connectivity index (χ2n) is 9.43. The van der Waals surface area contributed by atoms with Gasteiger partial charge in [-0.2, -0.15) is 0 Å². The first-order chi connectivity index (χ1) is 17.7. The van der Waals surface area contributed by atoms with Crippen molar-refractivity contribution < 1.29 is 9.59 Å². The van der Waals surface area contributed by atoms with Crippen LogP contribution in [0.15, 0.2) is 91.3 Å². The molecule has 1 fully saturated rings. The number of nitrogens with one attached hydrogen (secondary N) is 1. The van der Waals surface area contributed by atoms with Gasteiger partial charge in [0.25, 0.3) is 0 Å². The number of aromatic nitrogens is 1. The lowest BCUT2D eigenvalue weighted by atomic mass is 9.87. The van der Waals surface area contributed by atoms with Crippen LogP contribution in [0.5, 0.6) is 0 Å². The number of benzene rings is 2. The third kappa shape index (κ3) is 7.38. The molecule has 5 nitrogen and oxygen atoms in total. The van der Waals surface area contributed by atoms with E-state index in [1.807, 2.05) is 48.5 Å². The van der Waals surface area contributed by atoms with E-state index in [1.54, 1.807) is 24.5 Å². The van der Waals surface area contributed by atoms with Gasteiger partial charge < -0.3 is 10.2 Å². The zero-order valence-electron chi connectivity index (χ0n) is 20.8. The molecule has 1 saturated heterocycles. The molecule has 5 heteroatoms. The van der Waals surface area contributed by atoms with E-state index in [4.69, 9.17) is 0 Å². The average Bonchev–Trinajstić information content (AvgIpc) is 2.94. The highest BCUT2D eigenvalue weighted by atomic mass is 16.2. The van der Waals surface area contributed by atoms with Crippen molar-refractivity contribution in [2.24, 2.45) is 5.92 Å². The monoisotopic (exact) mass is 481 g/mol. The number of nitrogens with zero attached hydrogens (tertiary/aromatic N) is 2. The summed E-state index contributed by atoms with van der Waals surface area (Å²) in [5, 5.41) is 2.96. The van der Waals surface area contributed by atoms with Gasteiger partial charge in [-0.1, -0.05) is 79.6 Å². The lowest BCUT2D eigenvalue weighted by Crippen LogP contribution is -2.41. The van der Waals surface area contributed by atoms with E-state index in [0.29, 0.717) is 12.5 Å². The molecule has 2 heterocycles. The fraction of sp³-hybridized carbons (Fsp3) is 0.323. The van der Waals surface area contributed by atoms with Crippen LogP contribution in [0.2, 0.25) is 0 Å². The minimum atomic E-state index is -0.250. The molecule has 186 valence electrons. The zero-order valence-corrected chi connectivity index (χ0v) is 20.8. The van der Waals surface area contributed by atoms with Crippen LogP contribution in [-0.4, -0.2) is 41.3 Å². The van der Waals surface area contributed by atoms with Gasteiger partial charge in [0, 0.05) is 38.1 Å². The summed E-state index contributed by atoms with van der Waals surface area (Å²) >= 11 is 0. The molecule has 1 aliphatic rings. The summed E-state index contributed by atoms with van der Waals surface area (Å²) in [5.74, 6) is 0.520. The third-order valence-corrected chi connectivity index (χ3v) is 6.89. The predicted octanol–water partition coefficient (Wildman–Crippen LogP) is 5.45. The summed E-state index contributed by atoms with van der Waals surface area (Å²) in [4.78, 5) is 31.7. The molecule has 0 saturated carbocycles. The van der Waals surface area contributed by atoms with Crippen molar-refractivity contribution in [2.45, 2.75) is 38.0 Å². The Morgan fingerprint density at radius 1 is 0.917 bits per heavy atom. The van der Waals surface area contributed by atoms with Crippen LogP contribution in [0.3, 0.4) is 0 Å². The molecule has 0 unspecified atom stereocenters. The van der Waals surface area contributed by atoms with Gasteiger partial charge in [0.2, 0.25) is 11.8 Å². The van der Waals surface area contributed by atoms with Crippen LogP contribution < -0.4 is 5.32 Å². The van der Waals surface area contributed by atoms with Gasteiger partial charge in [0.1, 0.15) is 0 Å². The number of carbonyl (C=O) groups excluding carboxylic acids is 2. The number of hydrogen-bond acceptors (Lipinski definition) is 3. The van der Waals surface area contributed by atoms with Crippen molar-refractivity contribution in [1.82, 2.24) is 15.2 Å². The van der Waals surface area contributed by atoms with Crippen LogP contribution in [0, 0.1) is 5.92 Å². The van der Waals surface area contributed by atoms with Crippen LogP contribution in [0.25, 0.3) is 6.08 Å². The molecule has 2 aromatic carbocycles. The molecule has 1 aromatic heterocycles. The Morgan fingerprint density at radius 3 is 2.19 bits per heavy atom. The van der Waals surface area contributed by atoms with Crippen LogP contribution in [0.1, 0.15) is 54.7 Å². The number of amides is 2. The quantitative estimate of drug-likeness (QED) is 0.309. The Labute approximate surface area is 214 Å². The molecule has 3 aromatic rings. The van der Waals surface area contributed by atoms with Crippen LogP contribution in [-0.2, 0) is 9.59 Å². The molecule has 0 aliphatic carbocycles. The van der Waals surface area contributed by atoms with Gasteiger partial charge in [-0.25, -0.2) is 0 Å². The van der Waals surface area contributed by atoms with E-state index >= 15 is 0 Å². The summed E-state index contributed by atoms with van der Waals surface area (Å²) < 4.78 is 0. The maximum Gasteiger partial charge on any atom is 0.243 e. The lowest BCUT2D eigenvalue weighted by molar-refractivity contribution is -0.133. The lowest BCUT2D eigenvalue weighted by Gasteiger charge is -2.34. The summed E-state index contributed by atoms with van der Waals surface area (Å²) in [5.41, 5.74) is 3.01. The van der Waals surface area contributed by atoms with Gasteiger partial charge in [-0.3, -0.25) is 14.6 Å². The molecule has 4 rings (SSSR count). The second-order valence-corrected chi connectivity index (χ2v) is 9.43. The number of likely N-dealkylation sites (tertiary alicyclic amines) is 1. The van der Waals surface area contributed by atoms with Crippen LogP contribution in [0.4, 0.5) is 0 Å². The van der Waals surface area contributed by atoms with Crippen molar-refractivity contribution in [1.29, 1.82) is 0 Å². The molecule has 0 spiro atoms. The number of carbonyl (C=O) groups is 2. The van der Waals surface area contributed by atoms with E-state index in [0.717, 1.165) is 61.9 Å². The standard InChI is InChI=1S/C31H35N3O2/c35-29(17-16-26-11-9-20-32-24-26)33-21-8-7-10-25-18-22-34(23-19-25)31(36)30(27-12-3-1-4-13-27)28-14-5-2-6-15-28/h1-6,9,11-17,20,24-25,30H,7-8,10,18-19,21-23H2,(H,33,35)/b17-16-. The number of piperidine rings is 1. The SMILES string of the molecule is O=C(/C=C\c1cccnc1)NCCCCC1CCN(C(=O)C(c2ccccc2)c2ccccc2)CC1. The fourth-order valence-corrected chi connectivity index (χ4v) is 4.87. The highest BCUT2D eigenvalue weighted by molar-refractivity contribution is 5.91. The number of hydrogen-bond donors (Lipinski definition) is 1. The maximum atomic E-state index is 13.6. The highest BCUT2D eigenvalue weighted by Gasteiger charge is 2.30. The Morgan fingerprint density at radius 2 is 1.58 bits per heavy atom. The van der Waals surface area contributed by atoms with Gasteiger partial charge >= 0.3 is 0 Å². The van der Waals surface area contributed by atoms with E-state index in [1.165, 1.54) is 0 Å². The summed E-state index contributed by atoms with van der Waals surface area (Å²) in [6, 6.07) is 24.0. The summed E-state index contributed by atoms with van der Waals surface area (Å²) in [6.07, 6.45) is 12.1. The maximum absolute atomic E-state index is 13.6. The molecule has 0 bridgehead atoms. The fourth-order valence-electron chi connectivity index (χ4n) is 4.87. The number of rotatable bonds is 10. The molecule has 2 amide bonds.